The first-order valence-corrected chi connectivity index (χ1v) is 25.6. The van der Waals surface area contributed by atoms with Gasteiger partial charge in [-0.1, -0.05) is 48.9 Å². The summed E-state index contributed by atoms with van der Waals surface area (Å²) in [7, 11) is 3.33. The van der Waals surface area contributed by atoms with Crippen molar-refractivity contribution in [3.8, 4) is 22.6 Å². The highest BCUT2D eigenvalue weighted by Gasteiger charge is 2.50. The molecule has 1 aromatic heterocycles. The molecule has 380 valence electrons. The number of piperidine rings is 1. The van der Waals surface area contributed by atoms with Crippen molar-refractivity contribution in [2.75, 3.05) is 75.8 Å². The van der Waals surface area contributed by atoms with E-state index in [9.17, 15) is 19.2 Å². The van der Waals surface area contributed by atoms with Crippen molar-refractivity contribution in [3.05, 3.63) is 100 Å². The summed E-state index contributed by atoms with van der Waals surface area (Å²) in [5.41, 5.74) is 8.10. The quantitative estimate of drug-likeness (QED) is 0.106. The Hall–Kier alpha value is -6.30. The van der Waals surface area contributed by atoms with Gasteiger partial charge in [0.25, 0.3) is 0 Å². The first kappa shape index (κ1) is 49.3. The van der Waals surface area contributed by atoms with Crippen LogP contribution in [0.2, 0.25) is 5.02 Å². The zero-order chi connectivity index (χ0) is 50.4. The molecule has 72 heavy (non-hydrogen) atoms. The maximum Gasteiger partial charge on any atom is 0.328 e. The van der Waals surface area contributed by atoms with Crippen molar-refractivity contribution in [2.24, 2.45) is 24.6 Å². The van der Waals surface area contributed by atoms with Crippen LogP contribution in [0.15, 0.2) is 66.7 Å². The lowest BCUT2D eigenvalue weighted by Crippen LogP contribution is -2.49. The zero-order valence-electron chi connectivity index (χ0n) is 41.0. The number of urea groups is 1. The van der Waals surface area contributed by atoms with Crippen LogP contribution in [-0.4, -0.2) is 115 Å². The average molecular weight is 1010 g/mol. The Balaban J connectivity index is 0.710. The molecular weight excluding hydrogens is 944 g/mol. The number of aryl methyl sites for hydroxylation is 1. The summed E-state index contributed by atoms with van der Waals surface area (Å²) in [6, 6.07) is 19.0. The summed E-state index contributed by atoms with van der Waals surface area (Å²) in [6.45, 7) is 8.83. The minimum absolute atomic E-state index is 0.00123. The summed E-state index contributed by atoms with van der Waals surface area (Å²) in [4.78, 5) is 64.3. The number of imidazole rings is 1. The maximum absolute atomic E-state index is 16.2. The number of rotatable bonds is 13. The number of primary amides is 1. The van der Waals surface area contributed by atoms with E-state index >= 15 is 8.78 Å². The van der Waals surface area contributed by atoms with Crippen LogP contribution in [0.5, 0.6) is 11.5 Å². The molecule has 3 saturated heterocycles. The van der Waals surface area contributed by atoms with E-state index in [1.165, 1.54) is 25.3 Å². The number of imide groups is 1. The van der Waals surface area contributed by atoms with Crippen LogP contribution in [0.3, 0.4) is 0 Å². The van der Waals surface area contributed by atoms with Crippen molar-refractivity contribution in [2.45, 2.75) is 75.9 Å². The molecule has 2 atom stereocenters. The Kier molecular flexibility index (Phi) is 13.9. The normalized spacial score (nSPS) is 23.0. The van der Waals surface area contributed by atoms with Gasteiger partial charge in [0.1, 0.15) is 11.6 Å². The monoisotopic (exact) mass is 1010 g/mol. The number of hydrogen-bond acceptors (Lipinski definition) is 10. The average Bonchev–Trinajstić information content (AvgIpc) is 3.87. The van der Waals surface area contributed by atoms with Crippen LogP contribution in [-0.2, 0) is 22.2 Å². The van der Waals surface area contributed by atoms with Gasteiger partial charge in [-0.15, -0.1) is 0 Å². The summed E-state index contributed by atoms with van der Waals surface area (Å²) < 4.78 is 46.2. The van der Waals surface area contributed by atoms with Gasteiger partial charge in [-0.05, 0) is 93.3 Å². The Morgan fingerprint density at radius 3 is 2.36 bits per heavy atom. The van der Waals surface area contributed by atoms with Crippen LogP contribution in [0.4, 0.5) is 25.2 Å². The lowest BCUT2D eigenvalue weighted by molar-refractivity contribution is -0.138. The number of ether oxygens (including phenoxy) is 2. The molecule has 5 amide bonds. The molecule has 4 aromatic carbocycles. The van der Waals surface area contributed by atoms with Crippen LogP contribution in [0.1, 0.15) is 85.7 Å². The molecule has 4 aliphatic heterocycles. The number of nitrogens with one attached hydrogen (secondary N) is 2. The number of likely N-dealkylation sites (tertiary alicyclic amines) is 1. The molecule has 2 unspecified atom stereocenters. The number of methoxy groups -OCH3 is 1. The molecule has 5 heterocycles. The Morgan fingerprint density at radius 1 is 0.931 bits per heavy atom. The second-order valence-corrected chi connectivity index (χ2v) is 20.5. The molecule has 5 aromatic rings. The number of nitrogens with two attached hydrogens (primary N) is 1. The molecular formula is C54H62ClF2N9O6. The number of benzene rings is 4. The van der Waals surface area contributed by atoms with E-state index in [-0.39, 0.29) is 63.4 Å². The van der Waals surface area contributed by atoms with E-state index < -0.39 is 35.1 Å². The smallest absolute Gasteiger partial charge is 0.328 e. The highest BCUT2D eigenvalue weighted by molar-refractivity contribution is 6.34. The van der Waals surface area contributed by atoms with Gasteiger partial charge in [0, 0.05) is 112 Å². The lowest BCUT2D eigenvalue weighted by Gasteiger charge is -2.39. The van der Waals surface area contributed by atoms with Gasteiger partial charge >= 0.3 is 6.03 Å². The van der Waals surface area contributed by atoms with E-state index in [2.05, 4.69) is 29.9 Å². The van der Waals surface area contributed by atoms with E-state index in [1.807, 2.05) is 62.5 Å². The van der Waals surface area contributed by atoms with Crippen molar-refractivity contribution >= 4 is 58.0 Å². The highest BCUT2D eigenvalue weighted by atomic mass is 35.5. The predicted octanol–water partition coefficient (Wildman–Crippen LogP) is 7.72. The maximum atomic E-state index is 16.2. The molecule has 4 fully saturated rings. The van der Waals surface area contributed by atoms with Crippen molar-refractivity contribution in [1.82, 2.24) is 30.0 Å². The second kappa shape index (κ2) is 20.3. The summed E-state index contributed by atoms with van der Waals surface area (Å²) in [5, 5.41) is 5.80. The van der Waals surface area contributed by atoms with Crippen LogP contribution in [0.25, 0.3) is 22.2 Å². The second-order valence-electron chi connectivity index (χ2n) is 20.1. The van der Waals surface area contributed by atoms with Crippen molar-refractivity contribution in [1.29, 1.82) is 0 Å². The number of piperazine rings is 1. The fraction of sp³-hybridized carbons (Fsp3) is 0.463. The summed E-state index contributed by atoms with van der Waals surface area (Å²) in [6.07, 6.45) is 6.53. The summed E-state index contributed by atoms with van der Waals surface area (Å²) >= 11 is 6.71. The van der Waals surface area contributed by atoms with Crippen LogP contribution >= 0.6 is 11.6 Å². The van der Waals surface area contributed by atoms with Crippen LogP contribution in [0, 0.1) is 23.5 Å². The topological polar surface area (TPSA) is 168 Å². The largest absolute Gasteiger partial charge is 0.494 e. The van der Waals surface area contributed by atoms with Crippen LogP contribution < -0.4 is 35.6 Å². The SMILES string of the molecule is COc1ccc(C(N)=O)c(-c2c(Cl)c(F)cc3c2C(C)C(CNC2CCC(C(=O)N4CCC(CCN5CCN(c6nc7cc(N8CCC(=O)NC8=O)ccc7n6C)CC5)CC4)CC2)(c2ccccc2)O3)c1F. The van der Waals surface area contributed by atoms with E-state index in [4.69, 9.17) is 31.8 Å². The zero-order valence-corrected chi connectivity index (χ0v) is 41.8. The third kappa shape index (κ3) is 9.23. The number of hydrogen-bond donors (Lipinski definition) is 3. The van der Waals surface area contributed by atoms with Gasteiger partial charge in [0.15, 0.2) is 17.2 Å². The van der Waals surface area contributed by atoms with Gasteiger partial charge in [-0.25, -0.2) is 18.6 Å². The predicted molar refractivity (Wildman–Crippen MR) is 272 cm³/mol. The first-order valence-electron chi connectivity index (χ1n) is 25.2. The third-order valence-electron chi connectivity index (χ3n) is 16.1. The highest BCUT2D eigenvalue weighted by Crippen LogP contribution is 2.56. The molecule has 1 saturated carbocycles. The van der Waals surface area contributed by atoms with Gasteiger partial charge < -0.3 is 34.9 Å². The van der Waals surface area contributed by atoms with Gasteiger partial charge in [0.05, 0.1) is 28.7 Å². The molecule has 0 radical (unpaired) electrons. The van der Waals surface area contributed by atoms with E-state index in [0.717, 1.165) is 119 Å². The minimum Gasteiger partial charge on any atom is -0.494 e. The van der Waals surface area contributed by atoms with Crippen molar-refractivity contribution in [3.63, 3.8) is 0 Å². The molecule has 5 aliphatic rings. The molecule has 15 nitrogen and oxygen atoms in total. The van der Waals surface area contributed by atoms with Crippen molar-refractivity contribution < 1.29 is 37.4 Å². The molecule has 10 rings (SSSR count). The third-order valence-corrected chi connectivity index (χ3v) is 16.5. The fourth-order valence-electron chi connectivity index (χ4n) is 11.9. The molecule has 0 spiro atoms. The number of amides is 5. The number of nitrogens with zero attached hydrogens (tertiary/aromatic N) is 6. The molecule has 0 bridgehead atoms. The van der Waals surface area contributed by atoms with Gasteiger partial charge in [-0.3, -0.25) is 29.5 Å². The number of carbonyl (C=O) groups is 4. The van der Waals surface area contributed by atoms with Gasteiger partial charge in [0.2, 0.25) is 23.7 Å². The molecule has 1 aliphatic carbocycles. The molecule has 18 heteroatoms. The summed E-state index contributed by atoms with van der Waals surface area (Å²) in [5.74, 6) is -1.61. The lowest BCUT2D eigenvalue weighted by atomic mass is 9.77. The number of carbonyl (C=O) groups excluding carboxylic acids is 4. The number of aromatic nitrogens is 2. The number of anilines is 2. The molecule has 4 N–H and O–H groups in total. The number of halogens is 3. The van der Waals surface area contributed by atoms with Gasteiger partial charge in [-0.2, -0.15) is 0 Å². The standard InChI is InChI=1S/C54H62ClF2N9O6/c1-32-45-43(30-39(56)48(55)47(45)46-38(50(58)68)14-16-42(71-3)49(46)57)72-54(32,35-7-5-4-6-8-35)31-59-36-11-9-34(10-12-36)51(69)64-22-18-33(19-23-64)17-21-63-25-27-65(28-26-63)52-60-40-29-37(13-15-41(40)62(52)2)66-24-20-44(67)61-53(66)70/h4-8,13-16,29-30,32-34,36,59H,9-12,17-28,31H2,1-3H3,(H2,58,68)(H,61,67,70). The Labute approximate surface area is 422 Å². The Bertz CT molecular complexity index is 2900. The first-order chi connectivity index (χ1) is 34.7. The fourth-order valence-corrected chi connectivity index (χ4v) is 12.1. The Morgan fingerprint density at radius 2 is 1.67 bits per heavy atom. The van der Waals surface area contributed by atoms with E-state index in [1.54, 1.807) is 4.90 Å². The number of fused-ring (bicyclic) bond motifs is 2. The van der Waals surface area contributed by atoms with E-state index in [0.29, 0.717) is 24.6 Å². The minimum atomic E-state index is -1.06.